The highest BCUT2D eigenvalue weighted by atomic mass is 32.2. The van der Waals surface area contributed by atoms with Crippen LogP contribution in [0, 0.1) is 12.3 Å². The molecule has 0 N–H and O–H groups in total. The Morgan fingerprint density at radius 2 is 2.18 bits per heavy atom. The minimum absolute atomic E-state index is 0.0884. The topological polar surface area (TPSA) is 46.6 Å². The van der Waals surface area contributed by atoms with Gasteiger partial charge in [-0.15, -0.1) is 29.9 Å². The summed E-state index contributed by atoms with van der Waals surface area (Å²) in [6, 6.07) is 9.17. The van der Waals surface area contributed by atoms with Crippen molar-refractivity contribution in [1.29, 1.82) is 0 Å². The Balaban J connectivity index is 2.20. The van der Waals surface area contributed by atoms with Crippen LogP contribution in [0.5, 0.6) is 0 Å². The molecular weight excluding hydrogens is 318 g/mol. The highest BCUT2D eigenvalue weighted by molar-refractivity contribution is 8.00. The van der Waals surface area contributed by atoms with Crippen molar-refractivity contribution in [3.63, 3.8) is 0 Å². The number of esters is 1. The fraction of sp³-hybridized carbons (Fsp3) is 0.375. The fourth-order valence-electron chi connectivity index (χ4n) is 2.27. The van der Waals surface area contributed by atoms with Crippen molar-refractivity contribution in [2.24, 2.45) is 0 Å². The van der Waals surface area contributed by atoms with Crippen molar-refractivity contribution in [3.8, 4) is 12.3 Å². The Hall–Kier alpha value is -1.58. The number of methoxy groups -OCH3 is 1. The van der Waals surface area contributed by atoms with Crippen LogP contribution in [0.25, 0.3) is 0 Å². The van der Waals surface area contributed by atoms with Crippen molar-refractivity contribution in [2.75, 3.05) is 24.4 Å². The van der Waals surface area contributed by atoms with Gasteiger partial charge in [0.25, 0.3) is 0 Å². The standard InChI is InChI=1S/C16H17NO3S2/c1-3-9-21-11-14(18)17-13(16(19)20-2)10-22-15(17)12-7-5-4-6-8-12/h1,4-8,13,15H,9-11H2,2H3/t13-,15+/m0/s1. The van der Waals surface area contributed by atoms with E-state index in [1.807, 2.05) is 30.3 Å². The van der Waals surface area contributed by atoms with E-state index in [-0.39, 0.29) is 23.0 Å². The van der Waals surface area contributed by atoms with Crippen LogP contribution in [0.1, 0.15) is 10.9 Å². The molecule has 116 valence electrons. The Morgan fingerprint density at radius 1 is 1.45 bits per heavy atom. The molecule has 2 rings (SSSR count). The first kappa shape index (κ1) is 16.8. The highest BCUT2D eigenvalue weighted by Gasteiger charge is 2.42. The molecule has 1 fully saturated rings. The Bertz CT molecular complexity index is 571. The molecule has 0 unspecified atom stereocenters. The second-order valence-corrected chi connectivity index (χ2v) is 6.73. The van der Waals surface area contributed by atoms with Crippen LogP contribution in [-0.2, 0) is 14.3 Å². The number of hydrogen-bond acceptors (Lipinski definition) is 5. The molecule has 1 aromatic carbocycles. The van der Waals surface area contributed by atoms with E-state index in [0.717, 1.165) is 5.56 Å². The van der Waals surface area contributed by atoms with E-state index < -0.39 is 6.04 Å². The third kappa shape index (κ3) is 3.79. The lowest BCUT2D eigenvalue weighted by atomic mass is 10.2. The first-order valence-electron chi connectivity index (χ1n) is 6.75. The lowest BCUT2D eigenvalue weighted by Crippen LogP contribution is -2.44. The smallest absolute Gasteiger partial charge is 0.329 e. The van der Waals surface area contributed by atoms with E-state index in [2.05, 4.69) is 5.92 Å². The minimum atomic E-state index is -0.542. The number of hydrogen-bond donors (Lipinski definition) is 0. The largest absolute Gasteiger partial charge is 0.467 e. The molecule has 1 heterocycles. The third-order valence-electron chi connectivity index (χ3n) is 3.26. The number of terminal acetylenes is 1. The Morgan fingerprint density at radius 3 is 2.82 bits per heavy atom. The highest BCUT2D eigenvalue weighted by Crippen LogP contribution is 2.41. The van der Waals surface area contributed by atoms with Gasteiger partial charge in [0.2, 0.25) is 5.91 Å². The van der Waals surface area contributed by atoms with Gasteiger partial charge in [0.1, 0.15) is 11.4 Å². The van der Waals surface area contributed by atoms with Gasteiger partial charge < -0.3 is 9.64 Å². The Labute approximate surface area is 139 Å². The van der Waals surface area contributed by atoms with E-state index in [0.29, 0.717) is 11.5 Å². The summed E-state index contributed by atoms with van der Waals surface area (Å²) >= 11 is 2.96. The zero-order chi connectivity index (χ0) is 15.9. The van der Waals surface area contributed by atoms with E-state index >= 15 is 0 Å². The van der Waals surface area contributed by atoms with Gasteiger partial charge in [-0.25, -0.2) is 4.79 Å². The van der Waals surface area contributed by atoms with Crippen LogP contribution in [0.15, 0.2) is 30.3 Å². The van der Waals surface area contributed by atoms with Crippen molar-refractivity contribution >= 4 is 35.4 Å². The number of rotatable bonds is 5. The number of carbonyl (C=O) groups is 2. The van der Waals surface area contributed by atoms with Gasteiger partial charge in [-0.05, 0) is 5.56 Å². The van der Waals surface area contributed by atoms with Crippen LogP contribution in [-0.4, -0.2) is 47.2 Å². The molecule has 0 aromatic heterocycles. The fourth-order valence-corrected chi connectivity index (χ4v) is 4.25. The predicted octanol–water partition coefficient (Wildman–Crippen LogP) is 2.17. The maximum absolute atomic E-state index is 12.6. The van der Waals surface area contributed by atoms with Crippen LogP contribution in [0.3, 0.4) is 0 Å². The van der Waals surface area contributed by atoms with Crippen molar-refractivity contribution in [1.82, 2.24) is 4.90 Å². The minimum Gasteiger partial charge on any atom is -0.467 e. The summed E-state index contributed by atoms with van der Waals surface area (Å²) in [6.45, 7) is 0. The van der Waals surface area contributed by atoms with Crippen molar-refractivity contribution in [2.45, 2.75) is 11.4 Å². The number of thioether (sulfide) groups is 2. The first-order chi connectivity index (χ1) is 10.7. The zero-order valence-electron chi connectivity index (χ0n) is 12.2. The van der Waals surface area contributed by atoms with Crippen LogP contribution in [0.4, 0.5) is 0 Å². The number of benzene rings is 1. The Kier molecular flexibility index (Phi) is 6.22. The molecule has 1 saturated heterocycles. The van der Waals surface area contributed by atoms with E-state index in [9.17, 15) is 9.59 Å². The van der Waals surface area contributed by atoms with Crippen LogP contribution in [0.2, 0.25) is 0 Å². The molecule has 22 heavy (non-hydrogen) atoms. The van der Waals surface area contributed by atoms with E-state index in [1.165, 1.54) is 18.9 Å². The quantitative estimate of drug-likeness (QED) is 0.469. The van der Waals surface area contributed by atoms with Crippen molar-refractivity contribution < 1.29 is 14.3 Å². The average molecular weight is 335 g/mol. The number of amides is 1. The molecular formula is C16H17NO3S2. The molecule has 0 aliphatic carbocycles. The van der Waals surface area contributed by atoms with E-state index in [1.54, 1.807) is 16.7 Å². The van der Waals surface area contributed by atoms with Gasteiger partial charge in [-0.1, -0.05) is 36.3 Å². The first-order valence-corrected chi connectivity index (χ1v) is 8.96. The molecule has 1 aromatic rings. The van der Waals surface area contributed by atoms with Crippen LogP contribution >= 0.6 is 23.5 Å². The molecule has 6 heteroatoms. The van der Waals surface area contributed by atoms with Crippen molar-refractivity contribution in [3.05, 3.63) is 35.9 Å². The molecule has 0 spiro atoms. The maximum atomic E-state index is 12.6. The molecule has 1 amide bonds. The van der Waals surface area contributed by atoms with Gasteiger partial charge in [0.15, 0.2) is 0 Å². The maximum Gasteiger partial charge on any atom is 0.329 e. The summed E-state index contributed by atoms with van der Waals surface area (Å²) in [5, 5.41) is -0.163. The van der Waals surface area contributed by atoms with Gasteiger partial charge >= 0.3 is 5.97 Å². The zero-order valence-corrected chi connectivity index (χ0v) is 13.9. The molecule has 1 aliphatic heterocycles. The normalized spacial score (nSPS) is 20.5. The van der Waals surface area contributed by atoms with Gasteiger partial charge in [0.05, 0.1) is 18.6 Å². The molecule has 0 radical (unpaired) electrons. The number of ether oxygens (including phenoxy) is 1. The molecule has 0 bridgehead atoms. The molecule has 2 atom stereocenters. The lowest BCUT2D eigenvalue weighted by Gasteiger charge is -2.28. The van der Waals surface area contributed by atoms with E-state index in [4.69, 9.17) is 11.2 Å². The SMILES string of the molecule is C#CCSCC(=O)N1[C@@H](c2ccccc2)SC[C@H]1C(=O)OC. The molecule has 0 saturated carbocycles. The summed E-state index contributed by atoms with van der Waals surface area (Å²) in [5.41, 5.74) is 1.01. The second-order valence-electron chi connectivity index (χ2n) is 4.63. The number of nitrogens with zero attached hydrogens (tertiary/aromatic N) is 1. The summed E-state index contributed by atoms with van der Waals surface area (Å²) in [4.78, 5) is 26.2. The predicted molar refractivity (Wildman–Crippen MR) is 90.4 cm³/mol. The molecule has 4 nitrogen and oxygen atoms in total. The molecule has 1 aliphatic rings. The van der Waals surface area contributed by atoms with Gasteiger partial charge in [-0.3, -0.25) is 4.79 Å². The van der Waals surface area contributed by atoms with Gasteiger partial charge in [-0.2, -0.15) is 0 Å². The second kappa shape index (κ2) is 8.16. The van der Waals surface area contributed by atoms with Crippen LogP contribution < -0.4 is 0 Å². The summed E-state index contributed by atoms with van der Waals surface area (Å²) < 4.78 is 4.84. The number of carbonyl (C=O) groups excluding carboxylic acids is 2. The monoisotopic (exact) mass is 335 g/mol. The summed E-state index contributed by atoms with van der Waals surface area (Å²) in [6.07, 6.45) is 5.21. The third-order valence-corrected chi connectivity index (χ3v) is 5.40. The summed E-state index contributed by atoms with van der Waals surface area (Å²) in [7, 11) is 1.35. The summed E-state index contributed by atoms with van der Waals surface area (Å²) in [5.74, 6) is 3.32. The average Bonchev–Trinajstić information content (AvgIpc) is 3.00. The lowest BCUT2D eigenvalue weighted by molar-refractivity contribution is -0.150. The van der Waals surface area contributed by atoms with Gasteiger partial charge in [0, 0.05) is 5.75 Å².